The number of aromatic nitrogens is 3. The number of hydrogen-bond acceptors (Lipinski definition) is 4. The first kappa shape index (κ1) is 16.1. The van der Waals surface area contributed by atoms with E-state index in [0.29, 0.717) is 12.5 Å². The van der Waals surface area contributed by atoms with Gasteiger partial charge in [-0.1, -0.05) is 30.3 Å². The van der Waals surface area contributed by atoms with Crippen molar-refractivity contribution in [1.29, 1.82) is 0 Å². The number of rotatable bonds is 8. The molecule has 2 heterocycles. The van der Waals surface area contributed by atoms with Gasteiger partial charge in [-0.15, -0.1) is 0 Å². The highest BCUT2D eigenvalue weighted by Crippen LogP contribution is 2.18. The van der Waals surface area contributed by atoms with Gasteiger partial charge in [0.05, 0.1) is 6.61 Å². The fraction of sp³-hybridized carbons (Fsp3) is 0.556. The molecule has 0 spiro atoms. The summed E-state index contributed by atoms with van der Waals surface area (Å²) in [4.78, 5) is 4.74. The van der Waals surface area contributed by atoms with Crippen molar-refractivity contribution >= 4 is 0 Å². The molecule has 1 aliphatic rings. The van der Waals surface area contributed by atoms with Crippen LogP contribution in [0.1, 0.15) is 23.6 Å². The molecule has 0 bridgehead atoms. The lowest BCUT2D eigenvalue weighted by Gasteiger charge is -2.09. The van der Waals surface area contributed by atoms with Crippen molar-refractivity contribution < 1.29 is 9.47 Å². The Morgan fingerprint density at radius 3 is 2.87 bits per heavy atom. The Labute approximate surface area is 137 Å². The first-order valence-corrected chi connectivity index (χ1v) is 8.38. The molecule has 0 aliphatic carbocycles. The maximum Gasteiger partial charge on any atom is 0.153 e. The summed E-state index contributed by atoms with van der Waals surface area (Å²) in [5, 5.41) is 4.69. The average molecular weight is 315 g/mol. The van der Waals surface area contributed by atoms with Gasteiger partial charge in [-0.05, 0) is 24.3 Å². The minimum absolute atomic E-state index is 0.574. The van der Waals surface area contributed by atoms with E-state index in [1.165, 1.54) is 5.56 Å². The van der Waals surface area contributed by atoms with Crippen molar-refractivity contribution in [3.05, 3.63) is 47.5 Å². The summed E-state index contributed by atoms with van der Waals surface area (Å²) in [6.07, 6.45) is 3.82. The van der Waals surface area contributed by atoms with Crippen LogP contribution in [-0.2, 0) is 35.3 Å². The van der Waals surface area contributed by atoms with E-state index in [1.807, 2.05) is 6.07 Å². The molecule has 1 atom stereocenters. The lowest BCUT2D eigenvalue weighted by atomic mass is 10.0. The molecule has 1 fully saturated rings. The van der Waals surface area contributed by atoms with Crippen LogP contribution in [0.4, 0.5) is 0 Å². The van der Waals surface area contributed by atoms with Gasteiger partial charge in [0, 0.05) is 39.7 Å². The van der Waals surface area contributed by atoms with Crippen LogP contribution in [0.3, 0.4) is 0 Å². The Kier molecular flexibility index (Phi) is 5.77. The van der Waals surface area contributed by atoms with Crippen LogP contribution in [0.25, 0.3) is 0 Å². The second-order valence-corrected chi connectivity index (χ2v) is 6.08. The molecule has 0 radical (unpaired) electrons. The lowest BCUT2D eigenvalue weighted by Crippen LogP contribution is -2.13. The molecule has 1 aliphatic heterocycles. The number of methoxy groups -OCH3 is 1. The van der Waals surface area contributed by atoms with E-state index in [1.54, 1.807) is 7.11 Å². The smallest absolute Gasteiger partial charge is 0.153 e. The van der Waals surface area contributed by atoms with Crippen LogP contribution in [0, 0.1) is 5.92 Å². The summed E-state index contributed by atoms with van der Waals surface area (Å²) in [6.45, 7) is 3.25. The highest BCUT2D eigenvalue weighted by atomic mass is 16.5. The Morgan fingerprint density at radius 1 is 1.26 bits per heavy atom. The second-order valence-electron chi connectivity index (χ2n) is 6.08. The predicted molar refractivity (Wildman–Crippen MR) is 88.4 cm³/mol. The lowest BCUT2D eigenvalue weighted by molar-refractivity contribution is 0.185. The first-order valence-electron chi connectivity index (χ1n) is 8.38. The topological polar surface area (TPSA) is 49.2 Å². The predicted octanol–water partition coefficient (Wildman–Crippen LogP) is 2.29. The van der Waals surface area contributed by atoms with E-state index < -0.39 is 0 Å². The highest BCUT2D eigenvalue weighted by Gasteiger charge is 2.20. The molecule has 0 N–H and O–H groups in total. The molecule has 1 saturated heterocycles. The summed E-state index contributed by atoms with van der Waals surface area (Å²) in [5.74, 6) is 2.54. The SMILES string of the molecule is COCCc1nc(CC2CCOC2)n(CCc2ccccc2)n1. The Bertz CT molecular complexity index is 592. The Hall–Kier alpha value is -1.72. The van der Waals surface area contributed by atoms with E-state index in [-0.39, 0.29) is 0 Å². The largest absolute Gasteiger partial charge is 0.384 e. The third-order valence-corrected chi connectivity index (χ3v) is 4.27. The molecule has 1 unspecified atom stereocenters. The quantitative estimate of drug-likeness (QED) is 0.750. The first-order chi connectivity index (χ1) is 11.3. The molecule has 1 aromatic heterocycles. The minimum Gasteiger partial charge on any atom is -0.384 e. The van der Waals surface area contributed by atoms with Gasteiger partial charge in [0.2, 0.25) is 0 Å². The standard InChI is InChI=1S/C18H25N3O2/c1-22-11-9-17-19-18(13-16-8-12-23-14-16)21(20-17)10-7-15-5-3-2-4-6-15/h2-6,16H,7-14H2,1H3. The van der Waals surface area contributed by atoms with Crippen molar-refractivity contribution in [2.45, 2.75) is 32.2 Å². The maximum atomic E-state index is 5.49. The molecule has 1 aromatic carbocycles. The molecule has 23 heavy (non-hydrogen) atoms. The van der Waals surface area contributed by atoms with Crippen LogP contribution in [-0.4, -0.2) is 41.7 Å². The molecule has 0 amide bonds. The van der Waals surface area contributed by atoms with E-state index in [4.69, 9.17) is 14.5 Å². The Balaban J connectivity index is 1.68. The number of ether oxygens (including phenoxy) is 2. The zero-order chi connectivity index (χ0) is 15.9. The third-order valence-electron chi connectivity index (χ3n) is 4.27. The fourth-order valence-corrected chi connectivity index (χ4v) is 2.94. The summed E-state index contributed by atoms with van der Waals surface area (Å²) in [5.41, 5.74) is 1.33. The molecule has 5 heteroatoms. The molecular formula is C18H25N3O2. The van der Waals surface area contributed by atoms with Crippen LogP contribution in [0.15, 0.2) is 30.3 Å². The van der Waals surface area contributed by atoms with Gasteiger partial charge in [-0.3, -0.25) is 0 Å². The van der Waals surface area contributed by atoms with Gasteiger partial charge in [-0.2, -0.15) is 5.10 Å². The van der Waals surface area contributed by atoms with Crippen molar-refractivity contribution in [3.63, 3.8) is 0 Å². The molecule has 124 valence electrons. The fourth-order valence-electron chi connectivity index (χ4n) is 2.94. The van der Waals surface area contributed by atoms with Gasteiger partial charge in [0.25, 0.3) is 0 Å². The van der Waals surface area contributed by atoms with Crippen molar-refractivity contribution in [2.24, 2.45) is 5.92 Å². The highest BCUT2D eigenvalue weighted by molar-refractivity contribution is 5.14. The van der Waals surface area contributed by atoms with Crippen LogP contribution >= 0.6 is 0 Å². The zero-order valence-electron chi connectivity index (χ0n) is 13.8. The van der Waals surface area contributed by atoms with Gasteiger partial charge in [-0.25, -0.2) is 9.67 Å². The summed E-state index contributed by atoms with van der Waals surface area (Å²) in [7, 11) is 1.71. The van der Waals surface area contributed by atoms with Crippen molar-refractivity contribution in [1.82, 2.24) is 14.8 Å². The number of benzene rings is 1. The van der Waals surface area contributed by atoms with Crippen LogP contribution in [0.5, 0.6) is 0 Å². The second kappa shape index (κ2) is 8.22. The molecule has 5 nitrogen and oxygen atoms in total. The van der Waals surface area contributed by atoms with Crippen molar-refractivity contribution in [2.75, 3.05) is 26.9 Å². The number of aryl methyl sites for hydroxylation is 2. The third kappa shape index (κ3) is 4.62. The maximum absolute atomic E-state index is 5.49. The number of hydrogen-bond donors (Lipinski definition) is 0. The van der Waals surface area contributed by atoms with Gasteiger partial charge < -0.3 is 9.47 Å². The van der Waals surface area contributed by atoms with Crippen LogP contribution in [0.2, 0.25) is 0 Å². The minimum atomic E-state index is 0.574. The van der Waals surface area contributed by atoms with Crippen molar-refractivity contribution in [3.8, 4) is 0 Å². The molecule has 0 saturated carbocycles. The summed E-state index contributed by atoms with van der Waals surface area (Å²) in [6, 6.07) is 10.5. The van der Waals surface area contributed by atoms with E-state index in [9.17, 15) is 0 Å². The van der Waals surface area contributed by atoms with Gasteiger partial charge in [0.15, 0.2) is 5.82 Å². The van der Waals surface area contributed by atoms with Gasteiger partial charge in [0.1, 0.15) is 5.82 Å². The monoisotopic (exact) mass is 315 g/mol. The van der Waals surface area contributed by atoms with E-state index in [0.717, 1.165) is 57.1 Å². The van der Waals surface area contributed by atoms with Gasteiger partial charge >= 0.3 is 0 Å². The molecular weight excluding hydrogens is 290 g/mol. The zero-order valence-corrected chi connectivity index (χ0v) is 13.8. The Morgan fingerprint density at radius 2 is 2.13 bits per heavy atom. The van der Waals surface area contributed by atoms with E-state index in [2.05, 4.69) is 34.0 Å². The number of nitrogens with zero attached hydrogens (tertiary/aromatic N) is 3. The van der Waals surface area contributed by atoms with E-state index >= 15 is 0 Å². The normalized spacial score (nSPS) is 17.7. The summed E-state index contributed by atoms with van der Waals surface area (Å²) < 4.78 is 12.7. The summed E-state index contributed by atoms with van der Waals surface area (Å²) >= 11 is 0. The molecule has 2 aromatic rings. The molecule has 3 rings (SSSR count). The average Bonchev–Trinajstić information content (AvgIpc) is 3.22. The van der Waals surface area contributed by atoms with Crippen LogP contribution < -0.4 is 0 Å².